The van der Waals surface area contributed by atoms with Crippen molar-refractivity contribution in [2.45, 2.75) is 0 Å². The van der Waals surface area contributed by atoms with Gasteiger partial charge in [0.1, 0.15) is 11.2 Å². The molecule has 0 amide bonds. The Balaban J connectivity index is 1.10. The molecule has 256 valence electrons. The van der Waals surface area contributed by atoms with Crippen LogP contribution in [0, 0.1) is 0 Å². The van der Waals surface area contributed by atoms with E-state index < -0.39 is 0 Å². The van der Waals surface area contributed by atoms with E-state index in [-0.39, 0.29) is 0 Å². The standard InChI is InChI=1S/C50H30N4O/c1-3-13-31(14-4-1)49-36-18-7-10-20-40(36)51-50(52-49)32-23-25-34(26-24-32)53-41-21-11-8-19-37(41)47-42(53)27-28-43-48(47)39-29-38-35-17-9-12-22-45(35)55-46(38)30-44(39)54(43)33-15-5-2-6-16-33/h1-30H. The molecule has 0 radical (unpaired) electrons. The van der Waals surface area contributed by atoms with Crippen LogP contribution in [0.3, 0.4) is 0 Å². The lowest BCUT2D eigenvalue weighted by molar-refractivity contribution is 0.669. The van der Waals surface area contributed by atoms with Crippen LogP contribution < -0.4 is 0 Å². The number of rotatable bonds is 4. The molecule has 5 nitrogen and oxygen atoms in total. The molecule has 0 unspecified atom stereocenters. The molecule has 12 aromatic rings. The van der Waals surface area contributed by atoms with Crippen molar-refractivity contribution >= 4 is 76.5 Å². The average Bonchev–Trinajstić information content (AvgIpc) is 3.90. The minimum atomic E-state index is 0.708. The molecular weight excluding hydrogens is 673 g/mol. The first-order valence-electron chi connectivity index (χ1n) is 18.6. The van der Waals surface area contributed by atoms with E-state index in [0.717, 1.165) is 83.1 Å². The number of hydrogen-bond donors (Lipinski definition) is 0. The quantitative estimate of drug-likeness (QED) is 0.183. The number of nitrogens with zero attached hydrogens (tertiary/aromatic N) is 4. The summed E-state index contributed by atoms with van der Waals surface area (Å²) in [5.74, 6) is 0.708. The first-order chi connectivity index (χ1) is 27.3. The number of para-hydroxylation sites is 4. The number of benzene rings is 8. The molecule has 5 heteroatoms. The van der Waals surface area contributed by atoms with Crippen molar-refractivity contribution in [1.29, 1.82) is 0 Å². The van der Waals surface area contributed by atoms with Crippen molar-refractivity contribution in [1.82, 2.24) is 19.1 Å². The first-order valence-corrected chi connectivity index (χ1v) is 18.6. The summed E-state index contributed by atoms with van der Waals surface area (Å²) in [4.78, 5) is 10.2. The second-order valence-corrected chi connectivity index (χ2v) is 14.2. The fraction of sp³-hybridized carbons (Fsp3) is 0. The van der Waals surface area contributed by atoms with Gasteiger partial charge in [-0.25, -0.2) is 9.97 Å². The third-order valence-corrected chi connectivity index (χ3v) is 11.1. The van der Waals surface area contributed by atoms with E-state index in [2.05, 4.69) is 167 Å². The van der Waals surface area contributed by atoms with Crippen molar-refractivity contribution in [3.05, 3.63) is 182 Å². The van der Waals surface area contributed by atoms with E-state index in [0.29, 0.717) is 5.82 Å². The smallest absolute Gasteiger partial charge is 0.160 e. The molecule has 4 heterocycles. The minimum absolute atomic E-state index is 0.708. The summed E-state index contributed by atoms with van der Waals surface area (Å²) in [7, 11) is 0. The van der Waals surface area contributed by atoms with Crippen LogP contribution >= 0.6 is 0 Å². The number of hydrogen-bond acceptors (Lipinski definition) is 3. The van der Waals surface area contributed by atoms with Crippen LogP contribution in [0.15, 0.2) is 186 Å². The first kappa shape index (κ1) is 30.0. The summed E-state index contributed by atoms with van der Waals surface area (Å²) in [6, 6.07) is 64.1. The maximum atomic E-state index is 6.43. The minimum Gasteiger partial charge on any atom is -0.456 e. The van der Waals surface area contributed by atoms with Gasteiger partial charge in [0.25, 0.3) is 0 Å². The monoisotopic (exact) mass is 702 g/mol. The Bertz CT molecular complexity index is 3470. The zero-order chi connectivity index (χ0) is 36.0. The molecule has 0 bridgehead atoms. The van der Waals surface area contributed by atoms with Crippen LogP contribution in [0.4, 0.5) is 0 Å². The highest BCUT2D eigenvalue weighted by atomic mass is 16.3. The van der Waals surface area contributed by atoms with E-state index in [1.807, 2.05) is 24.3 Å². The molecule has 0 atom stereocenters. The Kier molecular flexibility index (Phi) is 6.27. The van der Waals surface area contributed by atoms with Crippen LogP contribution in [0.5, 0.6) is 0 Å². The van der Waals surface area contributed by atoms with Crippen molar-refractivity contribution in [3.8, 4) is 34.0 Å². The number of aromatic nitrogens is 4. The molecule has 0 spiro atoms. The van der Waals surface area contributed by atoms with E-state index in [1.54, 1.807) is 0 Å². The van der Waals surface area contributed by atoms with Crippen LogP contribution in [0.2, 0.25) is 0 Å². The Morgan fingerprint density at radius 1 is 0.364 bits per heavy atom. The van der Waals surface area contributed by atoms with Crippen molar-refractivity contribution < 1.29 is 4.42 Å². The molecule has 4 aromatic heterocycles. The number of furan rings is 1. The molecule has 12 rings (SSSR count). The Morgan fingerprint density at radius 3 is 1.78 bits per heavy atom. The van der Waals surface area contributed by atoms with Gasteiger partial charge in [-0.05, 0) is 72.8 Å². The molecule has 0 aliphatic heterocycles. The average molecular weight is 703 g/mol. The molecule has 0 saturated heterocycles. The fourth-order valence-electron chi connectivity index (χ4n) is 8.70. The fourth-order valence-corrected chi connectivity index (χ4v) is 8.70. The Labute approximate surface area is 315 Å². The van der Waals surface area contributed by atoms with Crippen molar-refractivity contribution in [3.63, 3.8) is 0 Å². The third kappa shape index (κ3) is 4.41. The lowest BCUT2D eigenvalue weighted by atomic mass is 10.0. The van der Waals surface area contributed by atoms with Crippen LogP contribution in [0.25, 0.3) is 110 Å². The molecular formula is C50H30N4O. The largest absolute Gasteiger partial charge is 0.456 e. The van der Waals surface area contributed by atoms with Crippen LogP contribution in [-0.4, -0.2) is 19.1 Å². The summed E-state index contributed by atoms with van der Waals surface area (Å²) in [5, 5.41) is 8.16. The van der Waals surface area contributed by atoms with Gasteiger partial charge in [-0.2, -0.15) is 0 Å². The van der Waals surface area contributed by atoms with Gasteiger partial charge in [-0.3, -0.25) is 0 Å². The topological polar surface area (TPSA) is 48.8 Å². The van der Waals surface area contributed by atoms with Gasteiger partial charge in [0.05, 0.1) is 33.3 Å². The van der Waals surface area contributed by atoms with Gasteiger partial charge in [-0.1, -0.05) is 103 Å². The third-order valence-electron chi connectivity index (χ3n) is 11.1. The number of fused-ring (bicyclic) bond motifs is 11. The van der Waals surface area contributed by atoms with E-state index in [1.165, 1.54) is 21.5 Å². The van der Waals surface area contributed by atoms with Gasteiger partial charge in [-0.15, -0.1) is 0 Å². The molecule has 0 N–H and O–H groups in total. The van der Waals surface area contributed by atoms with Crippen molar-refractivity contribution in [2.24, 2.45) is 0 Å². The van der Waals surface area contributed by atoms with Gasteiger partial charge in [0, 0.05) is 66.3 Å². The predicted molar refractivity (Wildman–Crippen MR) is 226 cm³/mol. The highest BCUT2D eigenvalue weighted by Crippen LogP contribution is 2.44. The van der Waals surface area contributed by atoms with E-state index >= 15 is 0 Å². The van der Waals surface area contributed by atoms with E-state index in [4.69, 9.17) is 14.4 Å². The zero-order valence-corrected chi connectivity index (χ0v) is 29.5. The van der Waals surface area contributed by atoms with Gasteiger partial charge in [0.2, 0.25) is 0 Å². The van der Waals surface area contributed by atoms with Crippen LogP contribution in [-0.2, 0) is 0 Å². The SMILES string of the molecule is c1ccc(-c2nc(-c3ccc(-n4c5ccccc5c5c6c7cc8c(cc7n(-c7ccccc7)c6ccc54)oc4ccccc48)cc3)nc3ccccc23)cc1. The second kappa shape index (κ2) is 11.5. The molecule has 0 saturated carbocycles. The predicted octanol–water partition coefficient (Wildman–Crippen LogP) is 13.1. The maximum absolute atomic E-state index is 6.43. The highest BCUT2D eigenvalue weighted by Gasteiger charge is 2.22. The summed E-state index contributed by atoms with van der Waals surface area (Å²) < 4.78 is 11.2. The normalized spacial score (nSPS) is 12.0. The summed E-state index contributed by atoms with van der Waals surface area (Å²) in [5.41, 5.74) is 12.5. The lowest BCUT2D eigenvalue weighted by Gasteiger charge is -2.11. The summed E-state index contributed by atoms with van der Waals surface area (Å²) in [6.07, 6.45) is 0. The Morgan fingerprint density at radius 2 is 0.982 bits per heavy atom. The van der Waals surface area contributed by atoms with E-state index in [9.17, 15) is 0 Å². The highest BCUT2D eigenvalue weighted by molar-refractivity contribution is 6.30. The molecule has 55 heavy (non-hydrogen) atoms. The molecule has 0 aliphatic carbocycles. The Hall–Kier alpha value is -7.50. The molecule has 0 fully saturated rings. The second-order valence-electron chi connectivity index (χ2n) is 14.2. The van der Waals surface area contributed by atoms with Gasteiger partial charge < -0.3 is 13.6 Å². The van der Waals surface area contributed by atoms with Gasteiger partial charge in [0.15, 0.2) is 5.82 Å². The summed E-state index contributed by atoms with van der Waals surface area (Å²) in [6.45, 7) is 0. The van der Waals surface area contributed by atoms with Gasteiger partial charge >= 0.3 is 0 Å². The zero-order valence-electron chi connectivity index (χ0n) is 29.5. The molecule has 8 aromatic carbocycles. The maximum Gasteiger partial charge on any atom is 0.160 e. The summed E-state index contributed by atoms with van der Waals surface area (Å²) >= 11 is 0. The van der Waals surface area contributed by atoms with Crippen LogP contribution in [0.1, 0.15) is 0 Å². The molecule has 0 aliphatic rings. The lowest BCUT2D eigenvalue weighted by Crippen LogP contribution is -1.97. The van der Waals surface area contributed by atoms with Crippen molar-refractivity contribution in [2.75, 3.05) is 0 Å².